The molecule has 34 heavy (non-hydrogen) atoms. The standard InChI is InChI=1S/C24H31BrN2O5S2/c1-16-11-17(2)15-27(14-16)34(29,30)20-9-10-22(33-19-7-5-18(25)6-8-19)21(12-20)24(28)26-13-23(31-3)32-4/h5-10,12,16-17,23H,11,13-15H2,1-4H3,(H,26,28)/t16-,17-/m1/s1. The predicted octanol–water partition coefficient (Wildman–Crippen LogP) is 4.62. The van der Waals surface area contributed by atoms with E-state index < -0.39 is 22.2 Å². The lowest BCUT2D eigenvalue weighted by atomic mass is 9.94. The van der Waals surface area contributed by atoms with Gasteiger partial charge in [0.15, 0.2) is 6.29 Å². The average Bonchev–Trinajstić information content (AvgIpc) is 2.80. The Morgan fingerprint density at radius 2 is 1.74 bits per heavy atom. The molecular formula is C24H31BrN2O5S2. The quantitative estimate of drug-likeness (QED) is 0.443. The minimum atomic E-state index is -3.73. The van der Waals surface area contributed by atoms with Crippen molar-refractivity contribution in [3.63, 3.8) is 0 Å². The first-order chi connectivity index (χ1) is 16.1. The molecule has 0 unspecified atom stereocenters. The Kier molecular flexibility index (Phi) is 9.59. The van der Waals surface area contributed by atoms with Crippen LogP contribution in [0.3, 0.4) is 0 Å². The van der Waals surface area contributed by atoms with Crippen molar-refractivity contribution in [1.82, 2.24) is 9.62 Å². The third kappa shape index (κ3) is 6.83. The van der Waals surface area contributed by atoms with Gasteiger partial charge in [0, 0.05) is 41.6 Å². The molecule has 1 heterocycles. The second-order valence-corrected chi connectivity index (χ2v) is 12.6. The molecule has 2 aromatic rings. The van der Waals surface area contributed by atoms with E-state index in [1.165, 1.54) is 36.4 Å². The maximum absolute atomic E-state index is 13.5. The zero-order valence-electron chi connectivity index (χ0n) is 19.8. The lowest BCUT2D eigenvalue weighted by Gasteiger charge is -2.34. The molecule has 1 aliphatic heterocycles. The number of benzene rings is 2. The third-order valence-corrected chi connectivity index (χ3v) is 9.11. The van der Waals surface area contributed by atoms with E-state index >= 15 is 0 Å². The van der Waals surface area contributed by atoms with Gasteiger partial charge in [-0.25, -0.2) is 8.42 Å². The Balaban J connectivity index is 1.95. The van der Waals surface area contributed by atoms with Crippen molar-refractivity contribution in [2.24, 2.45) is 11.8 Å². The molecule has 3 rings (SSSR count). The zero-order valence-corrected chi connectivity index (χ0v) is 23.0. The summed E-state index contributed by atoms with van der Waals surface area (Å²) in [6, 6.07) is 12.5. The van der Waals surface area contributed by atoms with Gasteiger partial charge >= 0.3 is 0 Å². The van der Waals surface area contributed by atoms with Crippen LogP contribution in [0.1, 0.15) is 30.6 Å². The van der Waals surface area contributed by atoms with Crippen LogP contribution in [0.25, 0.3) is 0 Å². The van der Waals surface area contributed by atoms with Gasteiger partial charge in [0.2, 0.25) is 10.0 Å². The first-order valence-electron chi connectivity index (χ1n) is 11.1. The highest BCUT2D eigenvalue weighted by Gasteiger charge is 2.32. The molecule has 1 amide bonds. The van der Waals surface area contributed by atoms with Gasteiger partial charge in [-0.15, -0.1) is 0 Å². The van der Waals surface area contributed by atoms with E-state index in [-0.39, 0.29) is 28.8 Å². The highest BCUT2D eigenvalue weighted by atomic mass is 79.9. The van der Waals surface area contributed by atoms with Gasteiger partial charge in [-0.2, -0.15) is 4.31 Å². The highest BCUT2D eigenvalue weighted by Crippen LogP contribution is 2.34. The average molecular weight is 572 g/mol. The molecule has 0 radical (unpaired) electrons. The molecule has 1 fully saturated rings. The molecule has 0 spiro atoms. The van der Waals surface area contributed by atoms with Crippen molar-refractivity contribution in [2.45, 2.75) is 41.2 Å². The van der Waals surface area contributed by atoms with Crippen LogP contribution >= 0.6 is 27.7 Å². The maximum Gasteiger partial charge on any atom is 0.252 e. The number of rotatable bonds is 9. The number of nitrogens with one attached hydrogen (secondary N) is 1. The number of piperidine rings is 1. The number of amides is 1. The number of ether oxygens (including phenoxy) is 2. The molecule has 0 aromatic heterocycles. The molecule has 10 heteroatoms. The van der Waals surface area contributed by atoms with Gasteiger partial charge in [0.05, 0.1) is 17.0 Å². The Morgan fingerprint density at radius 3 is 2.32 bits per heavy atom. The lowest BCUT2D eigenvalue weighted by molar-refractivity contribution is -0.0974. The second kappa shape index (κ2) is 12.0. The van der Waals surface area contributed by atoms with E-state index in [2.05, 4.69) is 35.1 Å². The lowest BCUT2D eigenvalue weighted by Crippen LogP contribution is -2.42. The van der Waals surface area contributed by atoms with Crippen molar-refractivity contribution in [3.05, 3.63) is 52.5 Å². The van der Waals surface area contributed by atoms with Crippen LogP contribution in [-0.4, -0.2) is 58.8 Å². The number of sulfonamides is 1. The molecule has 1 saturated heterocycles. The minimum Gasteiger partial charge on any atom is -0.354 e. The summed E-state index contributed by atoms with van der Waals surface area (Å²) in [6.45, 7) is 5.22. The molecule has 0 aliphatic carbocycles. The molecule has 1 N–H and O–H groups in total. The first kappa shape index (κ1) is 27.2. The molecule has 1 aliphatic rings. The summed E-state index contributed by atoms with van der Waals surface area (Å²) in [5.41, 5.74) is 0.290. The maximum atomic E-state index is 13.5. The van der Waals surface area contributed by atoms with Crippen molar-refractivity contribution in [2.75, 3.05) is 33.9 Å². The number of methoxy groups -OCH3 is 2. The normalized spacial score (nSPS) is 19.4. The number of halogens is 1. The molecule has 186 valence electrons. The van der Waals surface area contributed by atoms with Crippen LogP contribution in [0.5, 0.6) is 0 Å². The summed E-state index contributed by atoms with van der Waals surface area (Å²) < 4.78 is 39.7. The predicted molar refractivity (Wildman–Crippen MR) is 137 cm³/mol. The third-order valence-electron chi connectivity index (χ3n) is 5.67. The van der Waals surface area contributed by atoms with Crippen LogP contribution in [0.15, 0.2) is 61.6 Å². The fourth-order valence-corrected chi connectivity index (χ4v) is 6.95. The van der Waals surface area contributed by atoms with E-state index in [0.29, 0.717) is 18.0 Å². The van der Waals surface area contributed by atoms with Crippen LogP contribution < -0.4 is 5.32 Å². The summed E-state index contributed by atoms with van der Waals surface area (Å²) >= 11 is 4.83. The largest absolute Gasteiger partial charge is 0.354 e. The first-order valence-corrected chi connectivity index (χ1v) is 14.1. The van der Waals surface area contributed by atoms with Gasteiger partial charge in [-0.1, -0.05) is 41.5 Å². The molecular weight excluding hydrogens is 540 g/mol. The Morgan fingerprint density at radius 1 is 1.12 bits per heavy atom. The summed E-state index contributed by atoms with van der Waals surface area (Å²) in [7, 11) is -0.753. The van der Waals surface area contributed by atoms with Crippen molar-refractivity contribution in [1.29, 1.82) is 0 Å². The van der Waals surface area contributed by atoms with Crippen LogP contribution in [0.4, 0.5) is 0 Å². The van der Waals surface area contributed by atoms with E-state index in [4.69, 9.17) is 9.47 Å². The molecule has 7 nitrogen and oxygen atoms in total. The van der Waals surface area contributed by atoms with Crippen LogP contribution in [0, 0.1) is 11.8 Å². The Labute approximate surface area is 214 Å². The van der Waals surface area contributed by atoms with Gasteiger partial charge in [-0.05, 0) is 60.7 Å². The van der Waals surface area contributed by atoms with Gasteiger partial charge in [-0.3, -0.25) is 4.79 Å². The van der Waals surface area contributed by atoms with Crippen LogP contribution in [0.2, 0.25) is 0 Å². The zero-order chi connectivity index (χ0) is 24.9. The fraction of sp³-hybridized carbons (Fsp3) is 0.458. The van der Waals surface area contributed by atoms with E-state index in [1.807, 2.05) is 24.3 Å². The summed E-state index contributed by atoms with van der Waals surface area (Å²) in [5.74, 6) is 0.179. The number of hydrogen-bond donors (Lipinski definition) is 1. The SMILES string of the molecule is COC(CNC(=O)c1cc(S(=O)(=O)N2C[C@H](C)C[C@@H](C)C2)ccc1Sc1ccc(Br)cc1)OC. The Bertz CT molecular complexity index is 1080. The number of nitrogens with zero attached hydrogens (tertiary/aromatic N) is 1. The minimum absolute atomic E-state index is 0.120. The molecule has 0 saturated carbocycles. The van der Waals surface area contributed by atoms with E-state index in [9.17, 15) is 13.2 Å². The summed E-state index contributed by atoms with van der Waals surface area (Å²) in [6.07, 6.45) is 0.401. The number of carbonyl (C=O) groups excluding carboxylic acids is 1. The van der Waals surface area contributed by atoms with Gasteiger partial charge in [0.1, 0.15) is 0 Å². The molecule has 2 atom stereocenters. The Hall–Kier alpha value is -1.43. The van der Waals surface area contributed by atoms with Gasteiger partial charge < -0.3 is 14.8 Å². The smallest absolute Gasteiger partial charge is 0.252 e. The number of hydrogen-bond acceptors (Lipinski definition) is 6. The van der Waals surface area contributed by atoms with E-state index in [1.54, 1.807) is 12.1 Å². The van der Waals surface area contributed by atoms with Crippen LogP contribution in [-0.2, 0) is 19.5 Å². The van der Waals surface area contributed by atoms with Crippen molar-refractivity contribution >= 4 is 43.6 Å². The summed E-state index contributed by atoms with van der Waals surface area (Å²) in [4.78, 5) is 14.9. The highest BCUT2D eigenvalue weighted by molar-refractivity contribution is 9.10. The summed E-state index contributed by atoms with van der Waals surface area (Å²) in [5, 5.41) is 2.79. The van der Waals surface area contributed by atoms with Crippen molar-refractivity contribution in [3.8, 4) is 0 Å². The topological polar surface area (TPSA) is 84.9 Å². The number of carbonyl (C=O) groups is 1. The van der Waals surface area contributed by atoms with Gasteiger partial charge in [0.25, 0.3) is 5.91 Å². The molecule has 2 aromatic carbocycles. The second-order valence-electron chi connectivity index (χ2n) is 8.59. The molecule has 0 bridgehead atoms. The van der Waals surface area contributed by atoms with E-state index in [0.717, 1.165) is 15.8 Å². The van der Waals surface area contributed by atoms with Crippen molar-refractivity contribution < 1.29 is 22.7 Å². The fourth-order valence-electron chi connectivity index (χ4n) is 4.05. The monoisotopic (exact) mass is 570 g/mol.